The fourth-order valence-electron chi connectivity index (χ4n) is 2.77. The Morgan fingerprint density at radius 2 is 1.71 bits per heavy atom. The third-order valence-corrected chi connectivity index (χ3v) is 4.16. The highest BCUT2D eigenvalue weighted by Gasteiger charge is 2.11. The maximum atomic E-state index is 12.3. The molecule has 0 spiro atoms. The number of nitrogens with one attached hydrogen (secondary N) is 3. The molecule has 0 aliphatic heterocycles. The van der Waals surface area contributed by atoms with Gasteiger partial charge in [-0.2, -0.15) is 0 Å². The van der Waals surface area contributed by atoms with Gasteiger partial charge in [0.05, 0.1) is 12.2 Å². The minimum absolute atomic E-state index is 0.0859. The van der Waals surface area contributed by atoms with Gasteiger partial charge in [-0.05, 0) is 44.5 Å². The van der Waals surface area contributed by atoms with Crippen molar-refractivity contribution in [2.24, 2.45) is 0 Å². The van der Waals surface area contributed by atoms with E-state index in [-0.39, 0.29) is 30.7 Å². The normalized spacial score (nSPS) is 10.1. The van der Waals surface area contributed by atoms with Crippen molar-refractivity contribution in [1.29, 1.82) is 0 Å². The van der Waals surface area contributed by atoms with E-state index < -0.39 is 0 Å². The standard InChI is InChI=1S/C23H29N3O5/c1-3-24-22(28)16-31-18-10-7-9-17(15-18)26-21(27)13-8-14-25-23(29)19-11-5-6-12-20(19)30-4-2/h5-7,9-12,15H,3-4,8,13-14,16H2,1-2H3,(H,24,28)(H,25,29)(H,26,27). The summed E-state index contributed by atoms with van der Waals surface area (Å²) in [6.07, 6.45) is 0.735. The molecule has 0 saturated heterocycles. The van der Waals surface area contributed by atoms with Crippen LogP contribution in [0.3, 0.4) is 0 Å². The predicted octanol–water partition coefficient (Wildman–Crippen LogP) is 2.75. The minimum Gasteiger partial charge on any atom is -0.493 e. The first-order valence-electron chi connectivity index (χ1n) is 10.3. The molecule has 0 radical (unpaired) electrons. The van der Waals surface area contributed by atoms with E-state index in [4.69, 9.17) is 9.47 Å². The van der Waals surface area contributed by atoms with Crippen molar-refractivity contribution < 1.29 is 23.9 Å². The Morgan fingerprint density at radius 1 is 0.903 bits per heavy atom. The summed E-state index contributed by atoms with van der Waals surface area (Å²) in [5, 5.41) is 8.24. The average molecular weight is 428 g/mol. The number of rotatable bonds is 12. The first-order chi connectivity index (χ1) is 15.0. The second kappa shape index (κ2) is 12.9. The Morgan fingerprint density at radius 3 is 2.48 bits per heavy atom. The van der Waals surface area contributed by atoms with Gasteiger partial charge in [0.1, 0.15) is 11.5 Å². The number of benzene rings is 2. The second-order valence-electron chi connectivity index (χ2n) is 6.61. The van der Waals surface area contributed by atoms with E-state index in [1.807, 2.05) is 19.9 Å². The maximum Gasteiger partial charge on any atom is 0.257 e. The number of amides is 3. The molecular weight excluding hydrogens is 398 g/mol. The molecule has 2 aromatic carbocycles. The van der Waals surface area contributed by atoms with Crippen LogP contribution < -0.4 is 25.4 Å². The molecule has 0 aliphatic rings. The molecule has 0 fully saturated rings. The third kappa shape index (κ3) is 8.38. The molecule has 0 bridgehead atoms. The van der Waals surface area contributed by atoms with Crippen LogP contribution in [0.15, 0.2) is 48.5 Å². The van der Waals surface area contributed by atoms with Crippen LogP contribution in [0.1, 0.15) is 37.0 Å². The van der Waals surface area contributed by atoms with Gasteiger partial charge >= 0.3 is 0 Å². The van der Waals surface area contributed by atoms with E-state index in [0.717, 1.165) is 0 Å². The van der Waals surface area contributed by atoms with Crippen molar-refractivity contribution in [3.63, 3.8) is 0 Å². The Labute approximate surface area is 182 Å². The van der Waals surface area contributed by atoms with Crippen molar-refractivity contribution in [2.45, 2.75) is 26.7 Å². The second-order valence-corrected chi connectivity index (χ2v) is 6.61. The quantitative estimate of drug-likeness (QED) is 0.452. The van der Waals surface area contributed by atoms with E-state index in [1.54, 1.807) is 42.5 Å². The van der Waals surface area contributed by atoms with Gasteiger partial charge in [0.15, 0.2) is 6.61 Å². The molecular formula is C23H29N3O5. The van der Waals surface area contributed by atoms with Gasteiger partial charge in [-0.15, -0.1) is 0 Å². The number of likely N-dealkylation sites (N-methyl/N-ethyl adjacent to an activating group) is 1. The summed E-state index contributed by atoms with van der Waals surface area (Å²) in [6.45, 7) is 4.98. The van der Waals surface area contributed by atoms with Crippen LogP contribution in [0.25, 0.3) is 0 Å². The zero-order valence-corrected chi connectivity index (χ0v) is 17.9. The van der Waals surface area contributed by atoms with Gasteiger partial charge in [-0.25, -0.2) is 0 Å². The van der Waals surface area contributed by atoms with Crippen molar-refractivity contribution >= 4 is 23.4 Å². The zero-order chi connectivity index (χ0) is 22.5. The molecule has 3 amide bonds. The minimum atomic E-state index is -0.235. The maximum absolute atomic E-state index is 12.3. The lowest BCUT2D eigenvalue weighted by Crippen LogP contribution is -2.28. The SMILES string of the molecule is CCNC(=O)COc1cccc(NC(=O)CCCNC(=O)c2ccccc2OCC)c1. The molecule has 0 saturated carbocycles. The van der Waals surface area contributed by atoms with Crippen LogP contribution in [0, 0.1) is 0 Å². The number of carbonyl (C=O) groups is 3. The first-order valence-corrected chi connectivity index (χ1v) is 10.3. The highest BCUT2D eigenvalue weighted by atomic mass is 16.5. The van der Waals surface area contributed by atoms with Crippen LogP contribution in [-0.2, 0) is 9.59 Å². The van der Waals surface area contributed by atoms with Gasteiger partial charge in [-0.1, -0.05) is 18.2 Å². The summed E-state index contributed by atoms with van der Waals surface area (Å²) >= 11 is 0. The summed E-state index contributed by atoms with van der Waals surface area (Å²) in [4.78, 5) is 36.0. The van der Waals surface area contributed by atoms with E-state index in [1.165, 1.54) is 0 Å². The molecule has 166 valence electrons. The summed E-state index contributed by atoms with van der Waals surface area (Å²) in [5.41, 5.74) is 1.05. The van der Waals surface area contributed by atoms with E-state index in [2.05, 4.69) is 16.0 Å². The number of para-hydroxylation sites is 1. The monoisotopic (exact) mass is 427 g/mol. The molecule has 0 unspecified atom stereocenters. The summed E-state index contributed by atoms with van der Waals surface area (Å²) in [5.74, 6) is 0.410. The predicted molar refractivity (Wildman–Crippen MR) is 118 cm³/mol. The Hall–Kier alpha value is -3.55. The Kier molecular flexibility index (Phi) is 9.87. The smallest absolute Gasteiger partial charge is 0.257 e. The topological polar surface area (TPSA) is 106 Å². The van der Waals surface area contributed by atoms with Crippen LogP contribution in [0.2, 0.25) is 0 Å². The molecule has 0 heterocycles. The van der Waals surface area contributed by atoms with Gasteiger partial charge in [0, 0.05) is 31.3 Å². The van der Waals surface area contributed by atoms with E-state index in [9.17, 15) is 14.4 Å². The van der Waals surface area contributed by atoms with Gasteiger partial charge in [0.25, 0.3) is 11.8 Å². The van der Waals surface area contributed by atoms with Gasteiger partial charge in [-0.3, -0.25) is 14.4 Å². The Balaban J connectivity index is 1.74. The summed E-state index contributed by atoms with van der Waals surface area (Å²) < 4.78 is 10.9. The molecule has 8 nitrogen and oxygen atoms in total. The molecule has 3 N–H and O–H groups in total. The third-order valence-electron chi connectivity index (χ3n) is 4.16. The van der Waals surface area contributed by atoms with Crippen molar-refractivity contribution in [2.75, 3.05) is 31.6 Å². The van der Waals surface area contributed by atoms with Crippen LogP contribution in [-0.4, -0.2) is 44.0 Å². The van der Waals surface area contributed by atoms with Crippen LogP contribution in [0.4, 0.5) is 5.69 Å². The molecule has 2 rings (SSSR count). The van der Waals surface area contributed by atoms with E-state index in [0.29, 0.717) is 48.9 Å². The van der Waals surface area contributed by atoms with Gasteiger partial charge < -0.3 is 25.4 Å². The molecule has 31 heavy (non-hydrogen) atoms. The summed E-state index contributed by atoms with van der Waals surface area (Å²) in [7, 11) is 0. The average Bonchev–Trinajstić information content (AvgIpc) is 2.76. The van der Waals surface area contributed by atoms with E-state index >= 15 is 0 Å². The lowest BCUT2D eigenvalue weighted by molar-refractivity contribution is -0.123. The lowest BCUT2D eigenvalue weighted by atomic mass is 10.2. The van der Waals surface area contributed by atoms with Gasteiger partial charge in [0.2, 0.25) is 5.91 Å². The highest BCUT2D eigenvalue weighted by Crippen LogP contribution is 2.18. The molecule has 8 heteroatoms. The number of carbonyl (C=O) groups excluding carboxylic acids is 3. The Bertz CT molecular complexity index is 885. The van der Waals surface area contributed by atoms with Crippen LogP contribution >= 0.6 is 0 Å². The molecule has 0 aliphatic carbocycles. The van der Waals surface area contributed by atoms with Crippen molar-refractivity contribution in [3.05, 3.63) is 54.1 Å². The van der Waals surface area contributed by atoms with Crippen LogP contribution in [0.5, 0.6) is 11.5 Å². The highest BCUT2D eigenvalue weighted by molar-refractivity contribution is 5.97. The fraction of sp³-hybridized carbons (Fsp3) is 0.348. The molecule has 2 aromatic rings. The largest absolute Gasteiger partial charge is 0.493 e. The van der Waals surface area contributed by atoms with Crippen molar-refractivity contribution in [1.82, 2.24) is 10.6 Å². The number of hydrogen-bond acceptors (Lipinski definition) is 5. The number of anilines is 1. The number of ether oxygens (including phenoxy) is 2. The first kappa shape index (κ1) is 23.7. The molecule has 0 aromatic heterocycles. The van der Waals surface area contributed by atoms with Crippen molar-refractivity contribution in [3.8, 4) is 11.5 Å². The lowest BCUT2D eigenvalue weighted by Gasteiger charge is -2.11. The summed E-state index contributed by atoms with van der Waals surface area (Å²) in [6, 6.07) is 13.9. The fourth-order valence-corrected chi connectivity index (χ4v) is 2.77. The zero-order valence-electron chi connectivity index (χ0n) is 17.9. The number of hydrogen-bond donors (Lipinski definition) is 3. The molecule has 0 atom stereocenters.